The van der Waals surface area contributed by atoms with E-state index in [4.69, 9.17) is 0 Å². The number of piperidine rings is 1. The Morgan fingerprint density at radius 3 is 2.43 bits per heavy atom. The summed E-state index contributed by atoms with van der Waals surface area (Å²) >= 11 is 0. The Kier molecular flexibility index (Phi) is 5.49. The van der Waals surface area contributed by atoms with Gasteiger partial charge in [-0.05, 0) is 48.8 Å². The van der Waals surface area contributed by atoms with Crippen molar-refractivity contribution >= 4 is 11.9 Å². The Morgan fingerprint density at radius 1 is 1.17 bits per heavy atom. The maximum atomic E-state index is 13.0. The average Bonchev–Trinajstić information content (AvgIpc) is 3.20. The summed E-state index contributed by atoms with van der Waals surface area (Å²) < 4.78 is 14.3. The Morgan fingerprint density at radius 2 is 1.80 bits per heavy atom. The number of anilines is 1. The summed E-state index contributed by atoms with van der Waals surface area (Å²) in [5.41, 5.74) is 0.192. The number of halogens is 1. The third-order valence-electron chi connectivity index (χ3n) is 6.60. The van der Waals surface area contributed by atoms with E-state index in [1.54, 1.807) is 19.2 Å². The molecule has 1 aromatic heterocycles. The highest BCUT2D eigenvalue weighted by atomic mass is 19.1. The van der Waals surface area contributed by atoms with Crippen LogP contribution in [0.15, 0.2) is 29.1 Å². The number of carbonyl (C=O) groups is 1. The van der Waals surface area contributed by atoms with E-state index >= 15 is 0 Å². The molecule has 0 bridgehead atoms. The summed E-state index contributed by atoms with van der Waals surface area (Å²) in [6.07, 6.45) is 7.20. The van der Waals surface area contributed by atoms with Crippen LogP contribution >= 0.6 is 0 Å². The van der Waals surface area contributed by atoms with Crippen molar-refractivity contribution in [2.24, 2.45) is 12.5 Å². The smallest absolute Gasteiger partial charge is 0.297 e. The average molecular weight is 414 g/mol. The maximum Gasteiger partial charge on any atom is 0.297 e. The summed E-state index contributed by atoms with van der Waals surface area (Å²) in [5.74, 6) is -1.26. The van der Waals surface area contributed by atoms with Gasteiger partial charge in [0.15, 0.2) is 5.69 Å². The number of hydrogen-bond donors (Lipinski definition) is 2. The number of nitrogens with zero attached hydrogens (tertiary/aromatic N) is 3. The minimum atomic E-state index is -0.665. The van der Waals surface area contributed by atoms with Crippen LogP contribution in [0, 0.1) is 11.2 Å². The first-order valence-electron chi connectivity index (χ1n) is 10.5. The van der Waals surface area contributed by atoms with Crippen molar-refractivity contribution in [3.63, 3.8) is 0 Å². The van der Waals surface area contributed by atoms with Crippen molar-refractivity contribution in [3.8, 4) is 5.75 Å². The van der Waals surface area contributed by atoms with Gasteiger partial charge in [0.2, 0.25) is 11.7 Å². The monoisotopic (exact) mass is 414 g/mol. The van der Waals surface area contributed by atoms with Gasteiger partial charge in [-0.15, -0.1) is 0 Å². The lowest BCUT2D eigenvalue weighted by Crippen LogP contribution is -2.42. The summed E-state index contributed by atoms with van der Waals surface area (Å²) in [4.78, 5) is 31.6. The predicted octanol–water partition coefficient (Wildman–Crippen LogP) is 2.72. The van der Waals surface area contributed by atoms with Gasteiger partial charge in [-0.1, -0.05) is 25.0 Å². The number of aromatic hydroxyl groups is 1. The molecule has 2 fully saturated rings. The number of amides is 1. The number of hydrogen-bond acceptors (Lipinski definition) is 5. The zero-order chi connectivity index (χ0) is 21.3. The Hall–Kier alpha value is -2.90. The highest BCUT2D eigenvalue weighted by Crippen LogP contribution is 2.46. The molecule has 2 heterocycles. The highest BCUT2D eigenvalue weighted by Gasteiger charge is 2.38. The molecule has 30 heavy (non-hydrogen) atoms. The van der Waals surface area contributed by atoms with E-state index in [2.05, 4.69) is 10.3 Å². The molecule has 1 saturated heterocycles. The molecule has 8 heteroatoms. The predicted molar refractivity (Wildman–Crippen MR) is 111 cm³/mol. The van der Waals surface area contributed by atoms with Crippen LogP contribution in [0.25, 0.3) is 0 Å². The zero-order valence-electron chi connectivity index (χ0n) is 17.2. The van der Waals surface area contributed by atoms with Crippen LogP contribution in [0.4, 0.5) is 10.3 Å². The first-order chi connectivity index (χ1) is 14.4. The molecular weight excluding hydrogens is 387 g/mol. The molecule has 160 valence electrons. The lowest BCUT2D eigenvalue weighted by molar-refractivity contribution is 0.0942. The van der Waals surface area contributed by atoms with Gasteiger partial charge < -0.3 is 15.3 Å². The van der Waals surface area contributed by atoms with Crippen LogP contribution in [0.2, 0.25) is 0 Å². The van der Waals surface area contributed by atoms with Crippen LogP contribution in [0.5, 0.6) is 5.75 Å². The Bertz CT molecular complexity index is 987. The molecule has 1 aliphatic heterocycles. The second kappa shape index (κ2) is 8.08. The molecule has 2 N–H and O–H groups in total. The summed E-state index contributed by atoms with van der Waals surface area (Å²) in [5, 5.41) is 12.9. The fourth-order valence-corrected chi connectivity index (χ4v) is 4.69. The van der Waals surface area contributed by atoms with Crippen LogP contribution in [0.3, 0.4) is 0 Å². The SMILES string of the molecule is Cn1c(N2CCC3(CCCC3)CC2)nc(C(=O)NCc2ccc(F)cc2)c(O)c1=O. The lowest BCUT2D eigenvalue weighted by Gasteiger charge is -2.40. The van der Waals surface area contributed by atoms with Gasteiger partial charge in [-0.3, -0.25) is 14.2 Å². The highest BCUT2D eigenvalue weighted by molar-refractivity contribution is 5.95. The molecule has 0 unspecified atom stereocenters. The van der Waals surface area contributed by atoms with Crippen LogP contribution in [-0.2, 0) is 13.6 Å². The molecule has 2 aromatic rings. The first kappa shape index (κ1) is 20.4. The topological polar surface area (TPSA) is 87.5 Å². The van der Waals surface area contributed by atoms with Gasteiger partial charge in [-0.25, -0.2) is 9.37 Å². The van der Waals surface area contributed by atoms with Crippen LogP contribution < -0.4 is 15.8 Å². The fraction of sp³-hybridized carbons (Fsp3) is 0.500. The van der Waals surface area contributed by atoms with E-state index in [1.165, 1.54) is 42.4 Å². The number of nitrogens with one attached hydrogen (secondary N) is 1. The lowest BCUT2D eigenvalue weighted by atomic mass is 9.77. The third kappa shape index (κ3) is 3.91. The molecule has 0 radical (unpaired) electrons. The van der Waals surface area contributed by atoms with Crippen molar-refractivity contribution in [2.75, 3.05) is 18.0 Å². The van der Waals surface area contributed by atoms with Crippen molar-refractivity contribution < 1.29 is 14.3 Å². The summed E-state index contributed by atoms with van der Waals surface area (Å²) in [6.45, 7) is 1.69. The molecule has 1 saturated carbocycles. The molecule has 4 rings (SSSR count). The third-order valence-corrected chi connectivity index (χ3v) is 6.60. The molecule has 2 aliphatic rings. The molecule has 1 aromatic carbocycles. The number of carbonyl (C=O) groups excluding carboxylic acids is 1. The van der Waals surface area contributed by atoms with E-state index in [0.717, 1.165) is 25.9 Å². The molecule has 1 aliphatic carbocycles. The van der Waals surface area contributed by atoms with Crippen molar-refractivity contribution in [1.82, 2.24) is 14.9 Å². The second-order valence-corrected chi connectivity index (χ2v) is 8.48. The minimum absolute atomic E-state index is 0.136. The molecule has 7 nitrogen and oxygen atoms in total. The van der Waals surface area contributed by atoms with Gasteiger partial charge in [0, 0.05) is 26.7 Å². The summed E-state index contributed by atoms with van der Waals surface area (Å²) in [6, 6.07) is 5.73. The summed E-state index contributed by atoms with van der Waals surface area (Å²) in [7, 11) is 1.56. The standard InChI is InChI=1S/C22H27FN4O3/c1-26-20(30)18(28)17(19(29)24-14-15-4-6-16(23)7-5-15)25-21(26)27-12-10-22(11-13-27)8-2-3-9-22/h4-7,28H,2-3,8-14H2,1H3,(H,24,29). The zero-order valence-corrected chi connectivity index (χ0v) is 17.2. The normalized spacial score (nSPS) is 18.0. The quantitative estimate of drug-likeness (QED) is 0.803. The van der Waals surface area contributed by atoms with Gasteiger partial charge >= 0.3 is 0 Å². The maximum absolute atomic E-state index is 13.0. The molecule has 1 spiro atoms. The molecular formula is C22H27FN4O3. The van der Waals surface area contributed by atoms with Gasteiger partial charge in [0.25, 0.3) is 11.5 Å². The van der Waals surface area contributed by atoms with Crippen LogP contribution in [-0.4, -0.2) is 33.7 Å². The minimum Gasteiger partial charge on any atom is -0.501 e. The van der Waals surface area contributed by atoms with Gasteiger partial charge in [0.1, 0.15) is 5.82 Å². The Balaban J connectivity index is 1.52. The van der Waals surface area contributed by atoms with Crippen molar-refractivity contribution in [1.29, 1.82) is 0 Å². The number of rotatable bonds is 4. The van der Waals surface area contributed by atoms with Crippen molar-refractivity contribution in [2.45, 2.75) is 45.1 Å². The first-order valence-corrected chi connectivity index (χ1v) is 10.5. The Labute approximate surface area is 174 Å². The number of aromatic nitrogens is 2. The van der Waals surface area contributed by atoms with E-state index in [1.807, 2.05) is 4.90 Å². The van der Waals surface area contributed by atoms with E-state index in [0.29, 0.717) is 16.9 Å². The van der Waals surface area contributed by atoms with Gasteiger partial charge in [-0.2, -0.15) is 0 Å². The van der Waals surface area contributed by atoms with Crippen molar-refractivity contribution in [3.05, 3.63) is 51.7 Å². The van der Waals surface area contributed by atoms with Crippen LogP contribution in [0.1, 0.15) is 54.6 Å². The fourth-order valence-electron chi connectivity index (χ4n) is 4.69. The largest absolute Gasteiger partial charge is 0.501 e. The molecule has 1 amide bonds. The van der Waals surface area contributed by atoms with E-state index in [-0.39, 0.29) is 18.1 Å². The molecule has 0 atom stereocenters. The number of benzene rings is 1. The second-order valence-electron chi connectivity index (χ2n) is 8.48. The van der Waals surface area contributed by atoms with Gasteiger partial charge in [0.05, 0.1) is 0 Å². The van der Waals surface area contributed by atoms with E-state index < -0.39 is 17.2 Å². The van der Waals surface area contributed by atoms with E-state index in [9.17, 15) is 19.1 Å².